The van der Waals surface area contributed by atoms with Crippen LogP contribution in [0.2, 0.25) is 0 Å². The molecule has 0 aliphatic rings. The van der Waals surface area contributed by atoms with Crippen LogP contribution in [0.3, 0.4) is 0 Å². The second-order valence-electron chi connectivity index (χ2n) is 7.14. The van der Waals surface area contributed by atoms with Crippen molar-refractivity contribution < 1.29 is 9.21 Å². The monoisotopic (exact) mass is 360 g/mol. The molecule has 0 saturated carbocycles. The van der Waals surface area contributed by atoms with Crippen molar-refractivity contribution >= 4 is 11.9 Å². The molecule has 3 rings (SSSR count). The van der Waals surface area contributed by atoms with Crippen LogP contribution in [-0.2, 0) is 5.41 Å². The molecule has 6 nitrogen and oxygen atoms in total. The molecular formula is C21H20N4O2. The SMILES string of the molecule is Cc1ccc(C(=O)Nc2nnc(C(C)(C)C)o2)cc1C#Cc1cccnc1. The van der Waals surface area contributed by atoms with E-state index in [-0.39, 0.29) is 17.3 Å². The minimum Gasteiger partial charge on any atom is -0.407 e. The lowest BCUT2D eigenvalue weighted by Gasteiger charge is -2.10. The Hall–Kier alpha value is -3.46. The molecule has 0 atom stereocenters. The van der Waals surface area contributed by atoms with Crippen LogP contribution in [-0.4, -0.2) is 21.1 Å². The van der Waals surface area contributed by atoms with Gasteiger partial charge in [-0.25, -0.2) is 0 Å². The number of aryl methyl sites for hydroxylation is 1. The van der Waals surface area contributed by atoms with Crippen LogP contribution in [0.15, 0.2) is 47.1 Å². The number of carbonyl (C=O) groups is 1. The second-order valence-corrected chi connectivity index (χ2v) is 7.14. The fourth-order valence-electron chi connectivity index (χ4n) is 2.22. The molecule has 0 bridgehead atoms. The predicted octanol–water partition coefficient (Wildman–Crippen LogP) is 3.72. The molecule has 27 heavy (non-hydrogen) atoms. The lowest BCUT2D eigenvalue weighted by atomic mass is 9.97. The van der Waals surface area contributed by atoms with Crippen LogP contribution in [0.4, 0.5) is 6.01 Å². The molecule has 1 N–H and O–H groups in total. The summed E-state index contributed by atoms with van der Waals surface area (Å²) in [5.41, 5.74) is 2.75. The van der Waals surface area contributed by atoms with Crippen molar-refractivity contribution in [3.05, 3.63) is 70.9 Å². The fourth-order valence-corrected chi connectivity index (χ4v) is 2.22. The summed E-state index contributed by atoms with van der Waals surface area (Å²) in [5, 5.41) is 10.5. The lowest BCUT2D eigenvalue weighted by molar-refractivity contribution is 0.102. The number of hydrogen-bond acceptors (Lipinski definition) is 5. The number of hydrogen-bond donors (Lipinski definition) is 1. The Morgan fingerprint density at radius 3 is 2.63 bits per heavy atom. The summed E-state index contributed by atoms with van der Waals surface area (Å²) in [6, 6.07) is 9.13. The smallest absolute Gasteiger partial charge is 0.322 e. The van der Waals surface area contributed by atoms with Crippen molar-refractivity contribution in [1.82, 2.24) is 15.2 Å². The van der Waals surface area contributed by atoms with Gasteiger partial charge in [0.1, 0.15) is 0 Å². The molecule has 1 amide bonds. The number of rotatable bonds is 2. The van der Waals surface area contributed by atoms with Crippen LogP contribution in [0.1, 0.15) is 53.7 Å². The maximum Gasteiger partial charge on any atom is 0.322 e. The molecular weight excluding hydrogens is 340 g/mol. The topological polar surface area (TPSA) is 80.9 Å². The normalized spacial score (nSPS) is 10.8. The Morgan fingerprint density at radius 2 is 1.96 bits per heavy atom. The van der Waals surface area contributed by atoms with E-state index in [1.54, 1.807) is 24.5 Å². The molecule has 2 aromatic heterocycles. The number of carbonyl (C=O) groups excluding carboxylic acids is 1. The third-order valence-corrected chi connectivity index (χ3v) is 3.79. The van der Waals surface area contributed by atoms with Gasteiger partial charge in [-0.2, -0.15) is 0 Å². The first-order valence-corrected chi connectivity index (χ1v) is 8.51. The molecule has 6 heteroatoms. The van der Waals surface area contributed by atoms with Crippen molar-refractivity contribution in [2.75, 3.05) is 5.32 Å². The van der Waals surface area contributed by atoms with Gasteiger partial charge in [-0.1, -0.05) is 43.8 Å². The Balaban J connectivity index is 1.80. The Labute approximate surface area is 158 Å². The third-order valence-electron chi connectivity index (χ3n) is 3.79. The highest BCUT2D eigenvalue weighted by Crippen LogP contribution is 2.22. The number of pyridine rings is 1. The van der Waals surface area contributed by atoms with E-state index in [0.717, 1.165) is 16.7 Å². The van der Waals surface area contributed by atoms with Gasteiger partial charge < -0.3 is 4.42 Å². The fraction of sp³-hybridized carbons (Fsp3) is 0.238. The van der Waals surface area contributed by atoms with Crippen molar-refractivity contribution in [2.45, 2.75) is 33.1 Å². The van der Waals surface area contributed by atoms with Crippen molar-refractivity contribution in [1.29, 1.82) is 0 Å². The largest absolute Gasteiger partial charge is 0.407 e. The summed E-state index contributed by atoms with van der Waals surface area (Å²) in [6.45, 7) is 7.82. The molecule has 0 unspecified atom stereocenters. The first-order chi connectivity index (χ1) is 12.8. The van der Waals surface area contributed by atoms with Gasteiger partial charge in [-0.3, -0.25) is 15.1 Å². The van der Waals surface area contributed by atoms with Crippen LogP contribution < -0.4 is 5.32 Å². The molecule has 0 spiro atoms. The van der Waals surface area contributed by atoms with Gasteiger partial charge in [0, 0.05) is 34.5 Å². The van der Waals surface area contributed by atoms with Crippen LogP contribution >= 0.6 is 0 Å². The highest BCUT2D eigenvalue weighted by molar-refractivity contribution is 6.03. The Bertz CT molecular complexity index is 1020. The number of amides is 1. The van der Waals surface area contributed by atoms with E-state index in [2.05, 4.69) is 32.3 Å². The number of nitrogens with zero attached hydrogens (tertiary/aromatic N) is 3. The van der Waals surface area contributed by atoms with E-state index in [1.807, 2.05) is 45.9 Å². The van der Waals surface area contributed by atoms with Crippen molar-refractivity contribution in [3.63, 3.8) is 0 Å². The quantitative estimate of drug-likeness (QED) is 0.705. The van der Waals surface area contributed by atoms with Crippen molar-refractivity contribution in [3.8, 4) is 11.8 Å². The standard InChI is InChI=1S/C21H20N4O2/c1-14-7-9-17(12-16(14)10-8-15-6-5-11-22-13-15)18(26)23-20-25-24-19(27-20)21(2,3)4/h5-7,9,11-13H,1-4H3,(H,23,25,26). The molecule has 0 radical (unpaired) electrons. The van der Waals surface area contributed by atoms with Gasteiger partial charge in [-0.15, -0.1) is 5.10 Å². The minimum atomic E-state index is -0.330. The van der Waals surface area contributed by atoms with Crippen molar-refractivity contribution in [2.24, 2.45) is 0 Å². The van der Waals surface area contributed by atoms with E-state index in [9.17, 15) is 4.79 Å². The first kappa shape index (κ1) is 18.3. The van der Waals surface area contributed by atoms with Crippen LogP contribution in [0, 0.1) is 18.8 Å². The van der Waals surface area contributed by atoms with E-state index in [4.69, 9.17) is 4.42 Å². The van der Waals surface area contributed by atoms with E-state index in [1.165, 1.54) is 0 Å². The zero-order valence-electron chi connectivity index (χ0n) is 15.7. The van der Waals surface area contributed by atoms with Gasteiger partial charge in [0.05, 0.1) is 0 Å². The predicted molar refractivity (Wildman–Crippen MR) is 102 cm³/mol. The summed E-state index contributed by atoms with van der Waals surface area (Å²) in [6.07, 6.45) is 3.39. The molecule has 0 aliphatic carbocycles. The summed E-state index contributed by atoms with van der Waals surface area (Å²) in [7, 11) is 0. The number of aromatic nitrogens is 3. The zero-order valence-corrected chi connectivity index (χ0v) is 15.7. The maximum atomic E-state index is 12.5. The Morgan fingerprint density at radius 1 is 1.15 bits per heavy atom. The molecule has 0 fully saturated rings. The van der Waals surface area contributed by atoms with Crippen LogP contribution in [0.5, 0.6) is 0 Å². The molecule has 1 aromatic carbocycles. The molecule has 2 heterocycles. The zero-order chi connectivity index (χ0) is 19.4. The second kappa shape index (κ2) is 7.42. The number of benzene rings is 1. The summed E-state index contributed by atoms with van der Waals surface area (Å²) < 4.78 is 5.51. The molecule has 136 valence electrons. The number of anilines is 1. The van der Waals surface area contributed by atoms with Gasteiger partial charge in [0.25, 0.3) is 5.91 Å². The van der Waals surface area contributed by atoms with E-state index in [0.29, 0.717) is 11.5 Å². The van der Waals surface area contributed by atoms with E-state index >= 15 is 0 Å². The molecule has 3 aromatic rings. The minimum absolute atomic E-state index is 0.0773. The maximum absolute atomic E-state index is 12.5. The highest BCUT2D eigenvalue weighted by Gasteiger charge is 2.22. The summed E-state index contributed by atoms with van der Waals surface area (Å²) in [5.74, 6) is 6.28. The number of nitrogens with one attached hydrogen (secondary N) is 1. The van der Waals surface area contributed by atoms with Crippen LogP contribution in [0.25, 0.3) is 0 Å². The molecule has 0 saturated heterocycles. The lowest BCUT2D eigenvalue weighted by Crippen LogP contribution is -2.13. The van der Waals surface area contributed by atoms with Gasteiger partial charge >= 0.3 is 6.01 Å². The highest BCUT2D eigenvalue weighted by atomic mass is 16.4. The summed E-state index contributed by atoms with van der Waals surface area (Å²) >= 11 is 0. The average Bonchev–Trinajstić information content (AvgIpc) is 3.11. The van der Waals surface area contributed by atoms with Gasteiger partial charge in [0.2, 0.25) is 5.89 Å². The average molecular weight is 360 g/mol. The van der Waals surface area contributed by atoms with Gasteiger partial charge in [0.15, 0.2) is 0 Å². The third kappa shape index (κ3) is 4.59. The summed E-state index contributed by atoms with van der Waals surface area (Å²) in [4.78, 5) is 16.6. The van der Waals surface area contributed by atoms with Gasteiger partial charge in [-0.05, 0) is 36.8 Å². The van der Waals surface area contributed by atoms with E-state index < -0.39 is 0 Å². The first-order valence-electron chi connectivity index (χ1n) is 8.51. The molecule has 0 aliphatic heterocycles. The Kier molecular flexibility index (Phi) is 5.04.